The Balaban J connectivity index is 1.41. The molecule has 4 unspecified atom stereocenters. The summed E-state index contributed by atoms with van der Waals surface area (Å²) in [6, 6.07) is 6.97. The van der Waals surface area contributed by atoms with E-state index in [1.54, 1.807) is 0 Å². The highest BCUT2D eigenvalue weighted by molar-refractivity contribution is 5.79. The Labute approximate surface area is 154 Å². The number of rotatable bonds is 4. The van der Waals surface area contributed by atoms with Gasteiger partial charge in [0, 0.05) is 12.6 Å². The molecule has 7 heteroatoms. The van der Waals surface area contributed by atoms with Crippen molar-refractivity contribution < 1.29 is 9.63 Å². The summed E-state index contributed by atoms with van der Waals surface area (Å²) in [6.07, 6.45) is 3.85. The van der Waals surface area contributed by atoms with Gasteiger partial charge in [-0.15, -0.1) is 0 Å². The molecule has 0 saturated carbocycles. The molecule has 4 rings (SSSR count). The molecule has 5 atom stereocenters. The second kappa shape index (κ2) is 7.62. The van der Waals surface area contributed by atoms with Crippen molar-refractivity contribution in [2.75, 3.05) is 6.54 Å². The molecular formula is C19H29N5O2. The second-order valence-corrected chi connectivity index (χ2v) is 7.65. The maximum Gasteiger partial charge on any atom is 0.224 e. The fourth-order valence-corrected chi connectivity index (χ4v) is 4.15. The van der Waals surface area contributed by atoms with Crippen molar-refractivity contribution in [1.29, 1.82) is 0 Å². The normalized spacial score (nSPS) is 33.8. The van der Waals surface area contributed by atoms with Crippen LogP contribution in [-0.4, -0.2) is 24.7 Å². The van der Waals surface area contributed by atoms with E-state index in [2.05, 4.69) is 59.0 Å². The van der Waals surface area contributed by atoms with E-state index in [0.717, 1.165) is 25.7 Å². The fraction of sp³-hybridized carbons (Fsp3) is 0.632. The van der Waals surface area contributed by atoms with Crippen molar-refractivity contribution in [2.45, 2.75) is 64.0 Å². The molecule has 1 aromatic carbocycles. The van der Waals surface area contributed by atoms with Crippen LogP contribution >= 0.6 is 0 Å². The van der Waals surface area contributed by atoms with E-state index >= 15 is 0 Å². The molecule has 26 heavy (non-hydrogen) atoms. The summed E-state index contributed by atoms with van der Waals surface area (Å²) in [5, 5.41) is 6.69. The van der Waals surface area contributed by atoms with Gasteiger partial charge in [0.1, 0.15) is 12.4 Å². The van der Waals surface area contributed by atoms with Crippen LogP contribution in [0, 0.1) is 5.92 Å². The topological polar surface area (TPSA) is 86.5 Å². The lowest BCUT2D eigenvalue weighted by atomic mass is 9.97. The summed E-state index contributed by atoms with van der Waals surface area (Å²) in [5.74, 6) is 0.190. The zero-order valence-electron chi connectivity index (χ0n) is 15.5. The molecule has 0 radical (unpaired) electrons. The van der Waals surface area contributed by atoms with Crippen LogP contribution in [0.2, 0.25) is 0 Å². The first-order valence-corrected chi connectivity index (χ1v) is 9.72. The van der Waals surface area contributed by atoms with Gasteiger partial charge in [-0.3, -0.25) is 25.8 Å². The number of fused-ring (bicyclic) bond motifs is 1. The monoisotopic (exact) mass is 359 g/mol. The first kappa shape index (κ1) is 17.9. The summed E-state index contributed by atoms with van der Waals surface area (Å²) in [7, 11) is 0. The van der Waals surface area contributed by atoms with Gasteiger partial charge in [-0.25, -0.2) is 0 Å². The maximum atomic E-state index is 12.6. The van der Waals surface area contributed by atoms with E-state index in [-0.39, 0.29) is 30.3 Å². The summed E-state index contributed by atoms with van der Waals surface area (Å²) < 4.78 is 0. The smallest absolute Gasteiger partial charge is 0.224 e. The quantitative estimate of drug-likeness (QED) is 0.555. The fourth-order valence-electron chi connectivity index (χ4n) is 4.15. The molecule has 3 aliphatic rings. The lowest BCUT2D eigenvalue weighted by Crippen LogP contribution is -2.52. The molecule has 2 saturated heterocycles. The maximum absolute atomic E-state index is 12.6. The van der Waals surface area contributed by atoms with Gasteiger partial charge in [0.25, 0.3) is 0 Å². The molecule has 1 aromatic rings. The lowest BCUT2D eigenvalue weighted by Gasteiger charge is -2.29. The van der Waals surface area contributed by atoms with Crippen LogP contribution in [0.1, 0.15) is 62.0 Å². The van der Waals surface area contributed by atoms with E-state index in [1.807, 2.05) is 0 Å². The number of hydroxylamine groups is 1. The minimum absolute atomic E-state index is 0.0289. The number of hydrazine groups is 1. The van der Waals surface area contributed by atoms with Crippen LogP contribution in [0.5, 0.6) is 0 Å². The third-order valence-corrected chi connectivity index (χ3v) is 5.65. The summed E-state index contributed by atoms with van der Waals surface area (Å²) in [5.41, 5.74) is 13.1. The SMILES string of the molecule is CCC1NC(c2ccc3c(c2)CC[C@H]3NC(=O)C2CNNC(C)C2)NO1. The van der Waals surface area contributed by atoms with E-state index in [4.69, 9.17) is 4.84 Å². The molecule has 2 aliphatic heterocycles. The average molecular weight is 359 g/mol. The molecule has 2 heterocycles. The van der Waals surface area contributed by atoms with E-state index in [1.165, 1.54) is 16.7 Å². The zero-order chi connectivity index (χ0) is 18.1. The molecule has 2 fully saturated rings. The highest BCUT2D eigenvalue weighted by Gasteiger charge is 2.31. The Hall–Kier alpha value is -1.51. The highest BCUT2D eigenvalue weighted by Crippen LogP contribution is 2.33. The third-order valence-electron chi connectivity index (χ3n) is 5.65. The van der Waals surface area contributed by atoms with Gasteiger partial charge >= 0.3 is 0 Å². The average Bonchev–Trinajstić information content (AvgIpc) is 3.28. The van der Waals surface area contributed by atoms with Crippen molar-refractivity contribution >= 4 is 5.91 Å². The van der Waals surface area contributed by atoms with Gasteiger partial charge in [0.05, 0.1) is 12.0 Å². The lowest BCUT2D eigenvalue weighted by molar-refractivity contribution is -0.126. The van der Waals surface area contributed by atoms with Gasteiger partial charge in [-0.2, -0.15) is 5.48 Å². The van der Waals surface area contributed by atoms with Crippen LogP contribution < -0.4 is 27.0 Å². The summed E-state index contributed by atoms with van der Waals surface area (Å²) in [6.45, 7) is 4.87. The predicted octanol–water partition coefficient (Wildman–Crippen LogP) is 1.15. The highest BCUT2D eigenvalue weighted by atomic mass is 16.7. The molecular weight excluding hydrogens is 330 g/mol. The van der Waals surface area contributed by atoms with Crippen LogP contribution in [0.4, 0.5) is 0 Å². The zero-order valence-corrected chi connectivity index (χ0v) is 15.5. The Morgan fingerprint density at radius 3 is 3.04 bits per heavy atom. The molecule has 5 N–H and O–H groups in total. The predicted molar refractivity (Wildman–Crippen MR) is 98.5 cm³/mol. The number of hydrogen-bond acceptors (Lipinski definition) is 6. The van der Waals surface area contributed by atoms with Crippen LogP contribution in [0.15, 0.2) is 18.2 Å². The molecule has 0 aromatic heterocycles. The van der Waals surface area contributed by atoms with Gasteiger partial charge in [-0.1, -0.05) is 25.1 Å². The molecule has 0 bridgehead atoms. The van der Waals surface area contributed by atoms with Crippen LogP contribution in [0.25, 0.3) is 0 Å². The Bertz CT molecular complexity index is 667. The number of aryl methyl sites for hydroxylation is 1. The van der Waals surface area contributed by atoms with E-state index < -0.39 is 0 Å². The first-order chi connectivity index (χ1) is 12.6. The Morgan fingerprint density at radius 2 is 2.27 bits per heavy atom. The van der Waals surface area contributed by atoms with Gasteiger partial charge < -0.3 is 5.32 Å². The standard InChI is InChI=1S/C19H29N5O2/c1-3-17-22-18(24-26-17)13-4-6-15-12(9-13)5-7-16(15)21-19(25)14-8-11(2)23-20-10-14/h4,6,9,11,14,16-18,20,22-24H,3,5,7-8,10H2,1-2H3,(H,21,25)/t11?,14?,16-,17?,18?/m1/s1. The third kappa shape index (κ3) is 3.63. The number of hydrogen-bond donors (Lipinski definition) is 5. The Morgan fingerprint density at radius 1 is 1.38 bits per heavy atom. The summed E-state index contributed by atoms with van der Waals surface area (Å²) >= 11 is 0. The molecule has 1 amide bonds. The van der Waals surface area contributed by atoms with Crippen LogP contribution in [-0.2, 0) is 16.1 Å². The largest absolute Gasteiger partial charge is 0.349 e. The minimum atomic E-state index is 0.0289. The summed E-state index contributed by atoms with van der Waals surface area (Å²) in [4.78, 5) is 18.1. The number of carbonyl (C=O) groups is 1. The number of carbonyl (C=O) groups excluding carboxylic acids is 1. The molecule has 0 spiro atoms. The van der Waals surface area contributed by atoms with Gasteiger partial charge in [-0.05, 0) is 49.3 Å². The van der Waals surface area contributed by atoms with Crippen LogP contribution in [0.3, 0.4) is 0 Å². The number of nitrogens with one attached hydrogen (secondary N) is 5. The van der Waals surface area contributed by atoms with E-state index in [0.29, 0.717) is 12.6 Å². The van der Waals surface area contributed by atoms with Gasteiger partial charge in [0.15, 0.2) is 0 Å². The Kier molecular flexibility index (Phi) is 5.24. The van der Waals surface area contributed by atoms with Crippen molar-refractivity contribution in [2.24, 2.45) is 5.92 Å². The first-order valence-electron chi connectivity index (χ1n) is 9.72. The molecule has 7 nitrogen and oxygen atoms in total. The van der Waals surface area contributed by atoms with Crippen molar-refractivity contribution in [1.82, 2.24) is 27.0 Å². The number of benzene rings is 1. The number of amides is 1. The van der Waals surface area contributed by atoms with E-state index in [9.17, 15) is 4.79 Å². The van der Waals surface area contributed by atoms with Crippen molar-refractivity contribution in [3.63, 3.8) is 0 Å². The minimum Gasteiger partial charge on any atom is -0.349 e. The van der Waals surface area contributed by atoms with Crippen molar-refractivity contribution in [3.8, 4) is 0 Å². The molecule has 1 aliphatic carbocycles. The molecule has 142 valence electrons. The van der Waals surface area contributed by atoms with Crippen molar-refractivity contribution in [3.05, 3.63) is 34.9 Å². The van der Waals surface area contributed by atoms with Gasteiger partial charge in [0.2, 0.25) is 5.91 Å². The second-order valence-electron chi connectivity index (χ2n) is 7.65.